The van der Waals surface area contributed by atoms with Gasteiger partial charge in [0.25, 0.3) is 0 Å². The van der Waals surface area contributed by atoms with Crippen molar-refractivity contribution >= 4 is 5.97 Å². The molecule has 15 heavy (non-hydrogen) atoms. The zero-order valence-electron chi connectivity index (χ0n) is 9.34. The summed E-state index contributed by atoms with van der Waals surface area (Å²) in [5, 5.41) is 3.24. The van der Waals surface area contributed by atoms with E-state index >= 15 is 0 Å². The quantitative estimate of drug-likeness (QED) is 0.720. The maximum Gasteiger partial charge on any atom is 0.310 e. The molecule has 0 bridgehead atoms. The number of hydrogen-bond acceptors (Lipinski definition) is 3. The molecule has 0 unspecified atom stereocenters. The molecule has 2 rings (SSSR count). The number of hydrogen-bond donors (Lipinski definition) is 1. The van der Waals surface area contributed by atoms with Gasteiger partial charge in [0.15, 0.2) is 0 Å². The molecule has 3 nitrogen and oxygen atoms in total. The SMILES string of the molecule is O=C(OCCC1CCC1)[C@@H]1CCCNC1. The Morgan fingerprint density at radius 1 is 1.27 bits per heavy atom. The van der Waals surface area contributed by atoms with E-state index in [-0.39, 0.29) is 11.9 Å². The highest BCUT2D eigenvalue weighted by Crippen LogP contribution is 2.29. The smallest absolute Gasteiger partial charge is 0.310 e. The molecule has 0 amide bonds. The molecule has 86 valence electrons. The number of rotatable bonds is 4. The van der Waals surface area contributed by atoms with Crippen LogP contribution in [0.2, 0.25) is 0 Å². The summed E-state index contributed by atoms with van der Waals surface area (Å²) in [4.78, 5) is 11.6. The summed E-state index contributed by atoms with van der Waals surface area (Å²) in [6.45, 7) is 2.49. The molecule has 0 spiro atoms. The fourth-order valence-electron chi connectivity index (χ4n) is 2.28. The van der Waals surface area contributed by atoms with E-state index in [1.807, 2.05) is 0 Å². The Kier molecular flexibility index (Phi) is 4.01. The monoisotopic (exact) mass is 211 g/mol. The summed E-state index contributed by atoms with van der Waals surface area (Å²) < 4.78 is 5.31. The zero-order valence-corrected chi connectivity index (χ0v) is 9.34. The average Bonchev–Trinajstić information content (AvgIpc) is 2.23. The third kappa shape index (κ3) is 3.20. The summed E-state index contributed by atoms with van der Waals surface area (Å²) >= 11 is 0. The molecule has 2 fully saturated rings. The lowest BCUT2D eigenvalue weighted by Gasteiger charge is -2.26. The topological polar surface area (TPSA) is 38.3 Å². The second-order valence-electron chi connectivity index (χ2n) is 4.80. The highest BCUT2D eigenvalue weighted by Gasteiger charge is 2.23. The van der Waals surface area contributed by atoms with Gasteiger partial charge < -0.3 is 10.1 Å². The lowest BCUT2D eigenvalue weighted by atomic mass is 9.83. The Labute approximate surface area is 91.6 Å². The number of carbonyl (C=O) groups is 1. The van der Waals surface area contributed by atoms with E-state index < -0.39 is 0 Å². The normalized spacial score (nSPS) is 27.1. The Balaban J connectivity index is 1.58. The molecule has 1 atom stereocenters. The predicted molar refractivity (Wildman–Crippen MR) is 58.5 cm³/mol. The van der Waals surface area contributed by atoms with Gasteiger partial charge >= 0.3 is 5.97 Å². The first-order chi connectivity index (χ1) is 7.36. The van der Waals surface area contributed by atoms with Gasteiger partial charge in [-0.1, -0.05) is 19.3 Å². The summed E-state index contributed by atoms with van der Waals surface area (Å²) in [7, 11) is 0. The molecule has 0 radical (unpaired) electrons. The van der Waals surface area contributed by atoms with E-state index in [1.165, 1.54) is 19.3 Å². The number of nitrogens with one attached hydrogen (secondary N) is 1. The van der Waals surface area contributed by atoms with Crippen molar-refractivity contribution in [1.29, 1.82) is 0 Å². The van der Waals surface area contributed by atoms with Gasteiger partial charge in [-0.25, -0.2) is 0 Å². The summed E-state index contributed by atoms with van der Waals surface area (Å²) in [6.07, 6.45) is 7.21. The largest absolute Gasteiger partial charge is 0.465 e. The van der Waals surface area contributed by atoms with Crippen LogP contribution in [0.25, 0.3) is 0 Å². The van der Waals surface area contributed by atoms with E-state index in [0.29, 0.717) is 6.61 Å². The number of piperidine rings is 1. The van der Waals surface area contributed by atoms with E-state index in [0.717, 1.165) is 38.3 Å². The molecule has 1 saturated carbocycles. The van der Waals surface area contributed by atoms with E-state index in [9.17, 15) is 4.79 Å². The molecular formula is C12H21NO2. The molecule has 2 aliphatic rings. The maximum atomic E-state index is 11.6. The molecule has 1 aliphatic heterocycles. The summed E-state index contributed by atoms with van der Waals surface area (Å²) in [5.74, 6) is 0.962. The molecule has 3 heteroatoms. The highest BCUT2D eigenvalue weighted by molar-refractivity contribution is 5.72. The van der Waals surface area contributed by atoms with Gasteiger partial charge in [-0.15, -0.1) is 0 Å². The van der Waals surface area contributed by atoms with Crippen LogP contribution in [-0.2, 0) is 9.53 Å². The fraction of sp³-hybridized carbons (Fsp3) is 0.917. The van der Waals surface area contributed by atoms with Crippen molar-refractivity contribution in [3.63, 3.8) is 0 Å². The molecule has 0 aromatic carbocycles. The third-order valence-corrected chi connectivity index (χ3v) is 3.63. The number of ether oxygens (including phenoxy) is 1. The Morgan fingerprint density at radius 2 is 2.13 bits per heavy atom. The highest BCUT2D eigenvalue weighted by atomic mass is 16.5. The molecule has 1 heterocycles. The van der Waals surface area contributed by atoms with Gasteiger partial charge in [-0.05, 0) is 31.7 Å². The Bertz CT molecular complexity index is 208. The van der Waals surface area contributed by atoms with Crippen molar-refractivity contribution in [1.82, 2.24) is 5.32 Å². The lowest BCUT2D eigenvalue weighted by Crippen LogP contribution is -2.35. The Hall–Kier alpha value is -0.570. The van der Waals surface area contributed by atoms with Gasteiger partial charge in [-0.3, -0.25) is 4.79 Å². The minimum Gasteiger partial charge on any atom is -0.465 e. The maximum absolute atomic E-state index is 11.6. The van der Waals surface area contributed by atoms with Crippen LogP contribution in [0, 0.1) is 11.8 Å². The minimum atomic E-state index is 0.0153. The van der Waals surface area contributed by atoms with Gasteiger partial charge in [0.2, 0.25) is 0 Å². The zero-order chi connectivity index (χ0) is 10.5. The second kappa shape index (κ2) is 5.50. The Morgan fingerprint density at radius 3 is 2.73 bits per heavy atom. The van der Waals surface area contributed by atoms with E-state index in [2.05, 4.69) is 5.32 Å². The minimum absolute atomic E-state index is 0.0153. The fourth-order valence-corrected chi connectivity index (χ4v) is 2.28. The number of esters is 1. The molecular weight excluding hydrogens is 190 g/mol. The van der Waals surface area contributed by atoms with Gasteiger partial charge in [0, 0.05) is 6.54 Å². The van der Waals surface area contributed by atoms with Crippen LogP contribution in [-0.4, -0.2) is 25.7 Å². The molecule has 1 N–H and O–H groups in total. The van der Waals surface area contributed by atoms with Crippen LogP contribution < -0.4 is 5.32 Å². The molecule has 0 aromatic rings. The van der Waals surface area contributed by atoms with Crippen molar-refractivity contribution in [3.05, 3.63) is 0 Å². The van der Waals surface area contributed by atoms with Crippen LogP contribution in [0.5, 0.6) is 0 Å². The molecule has 0 aromatic heterocycles. The van der Waals surface area contributed by atoms with Crippen molar-refractivity contribution < 1.29 is 9.53 Å². The van der Waals surface area contributed by atoms with Crippen LogP contribution in [0.4, 0.5) is 0 Å². The van der Waals surface area contributed by atoms with Gasteiger partial charge in [0.1, 0.15) is 0 Å². The van der Waals surface area contributed by atoms with Crippen molar-refractivity contribution in [3.8, 4) is 0 Å². The van der Waals surface area contributed by atoms with Crippen LogP contribution in [0.3, 0.4) is 0 Å². The second-order valence-corrected chi connectivity index (χ2v) is 4.80. The molecule has 1 aliphatic carbocycles. The lowest BCUT2D eigenvalue weighted by molar-refractivity contribution is -0.149. The van der Waals surface area contributed by atoms with Gasteiger partial charge in [0.05, 0.1) is 12.5 Å². The van der Waals surface area contributed by atoms with Crippen molar-refractivity contribution in [2.45, 2.75) is 38.5 Å². The number of carbonyl (C=O) groups excluding carboxylic acids is 1. The van der Waals surface area contributed by atoms with Crippen molar-refractivity contribution in [2.24, 2.45) is 11.8 Å². The predicted octanol–water partition coefficient (Wildman–Crippen LogP) is 1.72. The van der Waals surface area contributed by atoms with E-state index in [1.54, 1.807) is 0 Å². The van der Waals surface area contributed by atoms with E-state index in [4.69, 9.17) is 4.74 Å². The van der Waals surface area contributed by atoms with Crippen LogP contribution >= 0.6 is 0 Å². The van der Waals surface area contributed by atoms with Crippen LogP contribution in [0.1, 0.15) is 38.5 Å². The molecule has 1 saturated heterocycles. The summed E-state index contributed by atoms with van der Waals surface area (Å²) in [6, 6.07) is 0. The standard InChI is InChI=1S/C12H21NO2/c14-12(11-5-2-7-13-9-11)15-8-6-10-3-1-4-10/h10-11,13H,1-9H2/t11-/m1/s1. The van der Waals surface area contributed by atoms with Crippen molar-refractivity contribution in [2.75, 3.05) is 19.7 Å². The first kappa shape index (κ1) is 10.9. The van der Waals surface area contributed by atoms with Gasteiger partial charge in [-0.2, -0.15) is 0 Å². The summed E-state index contributed by atoms with van der Waals surface area (Å²) in [5.41, 5.74) is 0. The van der Waals surface area contributed by atoms with Crippen LogP contribution in [0.15, 0.2) is 0 Å². The first-order valence-corrected chi connectivity index (χ1v) is 6.23. The first-order valence-electron chi connectivity index (χ1n) is 6.23. The average molecular weight is 211 g/mol. The third-order valence-electron chi connectivity index (χ3n) is 3.63.